The minimum Gasteiger partial charge on any atom is -0.489 e. The molecule has 0 bridgehead atoms. The lowest BCUT2D eigenvalue weighted by Gasteiger charge is -2.18. The average Bonchev–Trinajstić information content (AvgIpc) is 2.76. The molecule has 0 saturated heterocycles. The molecule has 3 aromatic carbocycles. The van der Waals surface area contributed by atoms with Gasteiger partial charge in [0.1, 0.15) is 12.4 Å². The molecule has 4 nitrogen and oxygen atoms in total. The van der Waals surface area contributed by atoms with E-state index < -0.39 is 0 Å². The number of amides is 1. The number of nitrogens with one attached hydrogen (secondary N) is 2. The van der Waals surface area contributed by atoms with Gasteiger partial charge in [-0.2, -0.15) is 0 Å². The molecule has 0 radical (unpaired) electrons. The van der Waals surface area contributed by atoms with Gasteiger partial charge in [-0.15, -0.1) is 0 Å². The van der Waals surface area contributed by atoms with Crippen LogP contribution >= 0.6 is 0 Å². The van der Waals surface area contributed by atoms with Crippen LogP contribution < -0.4 is 15.4 Å². The number of rotatable bonds is 9. The van der Waals surface area contributed by atoms with Gasteiger partial charge in [0.25, 0.3) is 0 Å². The van der Waals surface area contributed by atoms with Crippen LogP contribution in [-0.4, -0.2) is 12.5 Å². The normalized spacial score (nSPS) is 11.5. The molecule has 4 heteroatoms. The number of carbonyl (C=O) groups is 1. The summed E-state index contributed by atoms with van der Waals surface area (Å²) in [6, 6.07) is 27.8. The van der Waals surface area contributed by atoms with E-state index in [9.17, 15) is 4.79 Å². The Balaban J connectivity index is 1.45. The van der Waals surface area contributed by atoms with Gasteiger partial charge in [-0.05, 0) is 41.8 Å². The topological polar surface area (TPSA) is 50.4 Å². The van der Waals surface area contributed by atoms with Gasteiger partial charge in [-0.1, -0.05) is 67.6 Å². The molecule has 0 heterocycles. The van der Waals surface area contributed by atoms with Gasteiger partial charge in [0.2, 0.25) is 5.91 Å². The fourth-order valence-corrected chi connectivity index (χ4v) is 2.94. The third-order valence-electron chi connectivity index (χ3n) is 4.50. The zero-order chi connectivity index (χ0) is 19.6. The van der Waals surface area contributed by atoms with Crippen LogP contribution in [0, 0.1) is 0 Å². The highest BCUT2D eigenvalue weighted by atomic mass is 16.5. The van der Waals surface area contributed by atoms with Crippen molar-refractivity contribution >= 4 is 11.6 Å². The Bertz CT molecular complexity index is 849. The molecule has 1 unspecified atom stereocenters. The highest BCUT2D eigenvalue weighted by molar-refractivity contribution is 5.81. The van der Waals surface area contributed by atoms with Gasteiger partial charge in [0, 0.05) is 5.69 Å². The maximum atomic E-state index is 12.3. The Morgan fingerprint density at radius 3 is 2.18 bits per heavy atom. The van der Waals surface area contributed by atoms with Crippen molar-refractivity contribution in [2.24, 2.45) is 0 Å². The van der Waals surface area contributed by atoms with Crippen molar-refractivity contribution in [3.05, 3.63) is 96.1 Å². The second kappa shape index (κ2) is 10.2. The Labute approximate surface area is 166 Å². The maximum absolute atomic E-state index is 12.3. The van der Waals surface area contributed by atoms with Crippen LogP contribution in [0.15, 0.2) is 84.9 Å². The van der Waals surface area contributed by atoms with Crippen molar-refractivity contribution in [2.75, 3.05) is 11.9 Å². The summed E-state index contributed by atoms with van der Waals surface area (Å²) in [4.78, 5) is 12.3. The van der Waals surface area contributed by atoms with E-state index in [-0.39, 0.29) is 18.5 Å². The molecule has 0 aliphatic heterocycles. The number of carbonyl (C=O) groups excluding carboxylic acids is 1. The summed E-state index contributed by atoms with van der Waals surface area (Å²) >= 11 is 0. The zero-order valence-corrected chi connectivity index (χ0v) is 16.1. The molecule has 0 fully saturated rings. The lowest BCUT2D eigenvalue weighted by atomic mass is 10.0. The summed E-state index contributed by atoms with van der Waals surface area (Å²) in [5.41, 5.74) is 3.14. The van der Waals surface area contributed by atoms with E-state index in [1.807, 2.05) is 84.9 Å². The first-order valence-corrected chi connectivity index (χ1v) is 9.59. The summed E-state index contributed by atoms with van der Waals surface area (Å²) in [6.07, 6.45) is 0.850. The molecule has 1 atom stereocenters. The summed E-state index contributed by atoms with van der Waals surface area (Å²) in [6.45, 7) is 2.83. The van der Waals surface area contributed by atoms with Gasteiger partial charge in [0.15, 0.2) is 0 Å². The molecule has 3 aromatic rings. The predicted octanol–water partition coefficient (Wildman–Crippen LogP) is 4.95. The van der Waals surface area contributed by atoms with Gasteiger partial charge in [0.05, 0.1) is 12.6 Å². The van der Waals surface area contributed by atoms with Crippen LogP contribution in [-0.2, 0) is 11.4 Å². The van der Waals surface area contributed by atoms with Crippen molar-refractivity contribution < 1.29 is 9.53 Å². The SMILES string of the molecule is CCC(NC(=O)CNc1ccc(OCc2ccccc2)cc1)c1ccccc1. The van der Waals surface area contributed by atoms with Crippen LogP contribution in [0.4, 0.5) is 5.69 Å². The van der Waals surface area contributed by atoms with Crippen LogP contribution in [0.5, 0.6) is 5.75 Å². The molecule has 0 saturated carbocycles. The standard InChI is InChI=1S/C24H26N2O2/c1-2-23(20-11-7-4-8-12-20)26-24(27)17-25-21-13-15-22(16-14-21)28-18-19-9-5-3-6-10-19/h3-16,23,25H,2,17-18H2,1H3,(H,26,27). The maximum Gasteiger partial charge on any atom is 0.239 e. The fraction of sp³-hybridized carbons (Fsp3) is 0.208. The zero-order valence-electron chi connectivity index (χ0n) is 16.1. The Morgan fingerprint density at radius 2 is 1.54 bits per heavy atom. The van der Waals surface area contributed by atoms with E-state index in [2.05, 4.69) is 17.6 Å². The number of ether oxygens (including phenoxy) is 1. The van der Waals surface area contributed by atoms with E-state index in [4.69, 9.17) is 4.74 Å². The summed E-state index contributed by atoms with van der Waals surface area (Å²) < 4.78 is 5.78. The van der Waals surface area contributed by atoms with E-state index in [1.54, 1.807) is 0 Å². The molecular weight excluding hydrogens is 348 g/mol. The van der Waals surface area contributed by atoms with Crippen LogP contribution in [0.2, 0.25) is 0 Å². The highest BCUT2D eigenvalue weighted by Gasteiger charge is 2.12. The van der Waals surface area contributed by atoms with Crippen LogP contribution in [0.25, 0.3) is 0 Å². The number of benzene rings is 3. The minimum atomic E-state index is -0.0277. The lowest BCUT2D eigenvalue weighted by molar-refractivity contribution is -0.120. The number of anilines is 1. The van der Waals surface area contributed by atoms with E-state index in [1.165, 1.54) is 0 Å². The van der Waals surface area contributed by atoms with E-state index >= 15 is 0 Å². The minimum absolute atomic E-state index is 0.0277. The Kier molecular flexibility index (Phi) is 7.08. The average molecular weight is 374 g/mol. The van der Waals surface area contributed by atoms with Gasteiger partial charge >= 0.3 is 0 Å². The highest BCUT2D eigenvalue weighted by Crippen LogP contribution is 2.18. The van der Waals surface area contributed by atoms with Crippen LogP contribution in [0.3, 0.4) is 0 Å². The molecule has 1 amide bonds. The number of hydrogen-bond donors (Lipinski definition) is 2. The first-order valence-electron chi connectivity index (χ1n) is 9.59. The molecular formula is C24H26N2O2. The molecule has 0 aliphatic rings. The van der Waals surface area contributed by atoms with Crippen molar-refractivity contribution in [2.45, 2.75) is 26.0 Å². The molecule has 3 rings (SSSR count). The van der Waals surface area contributed by atoms with E-state index in [0.29, 0.717) is 6.61 Å². The first kappa shape index (κ1) is 19.5. The van der Waals surface area contributed by atoms with Crippen LogP contribution in [0.1, 0.15) is 30.5 Å². The van der Waals surface area contributed by atoms with Gasteiger partial charge in [-0.25, -0.2) is 0 Å². The van der Waals surface area contributed by atoms with E-state index in [0.717, 1.165) is 29.0 Å². The summed E-state index contributed by atoms with van der Waals surface area (Å²) in [5.74, 6) is 0.772. The summed E-state index contributed by atoms with van der Waals surface area (Å²) in [7, 11) is 0. The monoisotopic (exact) mass is 374 g/mol. The van der Waals surface area contributed by atoms with Gasteiger partial charge < -0.3 is 15.4 Å². The quantitative estimate of drug-likeness (QED) is 0.557. The Hall–Kier alpha value is -3.27. The second-order valence-corrected chi connectivity index (χ2v) is 6.59. The third kappa shape index (κ3) is 5.88. The largest absolute Gasteiger partial charge is 0.489 e. The van der Waals surface area contributed by atoms with Crippen molar-refractivity contribution in [3.8, 4) is 5.75 Å². The van der Waals surface area contributed by atoms with Crippen molar-refractivity contribution in [1.82, 2.24) is 5.32 Å². The molecule has 144 valence electrons. The molecule has 0 aromatic heterocycles. The first-order chi connectivity index (χ1) is 13.7. The van der Waals surface area contributed by atoms with Gasteiger partial charge in [-0.3, -0.25) is 4.79 Å². The molecule has 0 spiro atoms. The second-order valence-electron chi connectivity index (χ2n) is 6.59. The smallest absolute Gasteiger partial charge is 0.239 e. The summed E-state index contributed by atoms with van der Waals surface area (Å²) in [5, 5.41) is 6.24. The lowest BCUT2D eigenvalue weighted by Crippen LogP contribution is -2.33. The predicted molar refractivity (Wildman–Crippen MR) is 113 cm³/mol. The van der Waals surface area contributed by atoms with Crippen molar-refractivity contribution in [1.29, 1.82) is 0 Å². The molecule has 0 aliphatic carbocycles. The molecule has 2 N–H and O–H groups in total. The molecule has 28 heavy (non-hydrogen) atoms. The third-order valence-corrected chi connectivity index (χ3v) is 4.50. The fourth-order valence-electron chi connectivity index (χ4n) is 2.94. The Morgan fingerprint density at radius 1 is 0.893 bits per heavy atom. The van der Waals surface area contributed by atoms with Crippen molar-refractivity contribution in [3.63, 3.8) is 0 Å². The number of hydrogen-bond acceptors (Lipinski definition) is 3.